The van der Waals surface area contributed by atoms with Crippen LogP contribution in [-0.2, 0) is 14.6 Å². The molecule has 1 aliphatic heterocycles. The van der Waals surface area contributed by atoms with Crippen LogP contribution >= 0.6 is 0 Å². The van der Waals surface area contributed by atoms with Gasteiger partial charge in [0.05, 0.1) is 11.3 Å². The van der Waals surface area contributed by atoms with Crippen LogP contribution in [0, 0.1) is 0 Å². The maximum absolute atomic E-state index is 11.4. The third-order valence-electron chi connectivity index (χ3n) is 2.51. The highest BCUT2D eigenvalue weighted by molar-refractivity contribution is 7.90. The summed E-state index contributed by atoms with van der Waals surface area (Å²) >= 11 is 0. The van der Waals surface area contributed by atoms with Crippen LogP contribution in [-0.4, -0.2) is 45.0 Å². The normalized spacial score (nSPS) is 26.5. The molecule has 1 aliphatic rings. The Labute approximate surface area is 90.5 Å². The van der Waals surface area contributed by atoms with E-state index in [4.69, 9.17) is 0 Å². The first-order valence-corrected chi connectivity index (χ1v) is 7.06. The number of carbonyl (C=O) groups excluding carboxylic acids is 1. The molecule has 88 valence electrons. The molecule has 0 saturated carbocycles. The van der Waals surface area contributed by atoms with E-state index in [-0.39, 0.29) is 23.6 Å². The fourth-order valence-corrected chi connectivity index (χ4v) is 2.16. The minimum absolute atomic E-state index is 0.0500. The molecular formula is C9H18N2O3S. The van der Waals surface area contributed by atoms with Crippen molar-refractivity contribution in [2.45, 2.75) is 25.3 Å². The van der Waals surface area contributed by atoms with Gasteiger partial charge in [-0.3, -0.25) is 4.79 Å². The number of rotatable bonds is 4. The van der Waals surface area contributed by atoms with Crippen LogP contribution in [0.15, 0.2) is 0 Å². The maximum atomic E-state index is 11.4. The predicted molar refractivity (Wildman–Crippen MR) is 58.4 cm³/mol. The lowest BCUT2D eigenvalue weighted by Crippen LogP contribution is -2.47. The van der Waals surface area contributed by atoms with Gasteiger partial charge in [-0.05, 0) is 19.9 Å². The van der Waals surface area contributed by atoms with Crippen LogP contribution in [0.5, 0.6) is 0 Å². The molecule has 6 heteroatoms. The van der Waals surface area contributed by atoms with Crippen LogP contribution in [0.2, 0.25) is 0 Å². The molecule has 1 saturated heterocycles. The Kier molecular flexibility index (Phi) is 3.72. The molecule has 0 aliphatic carbocycles. The van der Waals surface area contributed by atoms with Crippen molar-refractivity contribution < 1.29 is 13.2 Å². The highest BCUT2D eigenvalue weighted by atomic mass is 32.2. The van der Waals surface area contributed by atoms with E-state index < -0.39 is 9.84 Å². The molecule has 0 aromatic rings. The highest BCUT2D eigenvalue weighted by Gasteiger charge is 2.29. The average Bonchev–Trinajstić information content (AvgIpc) is 2.47. The third-order valence-corrected chi connectivity index (χ3v) is 3.46. The van der Waals surface area contributed by atoms with E-state index in [9.17, 15) is 13.2 Å². The van der Waals surface area contributed by atoms with Crippen molar-refractivity contribution in [1.82, 2.24) is 10.6 Å². The zero-order valence-electron chi connectivity index (χ0n) is 9.17. The Balaban J connectivity index is 2.36. The van der Waals surface area contributed by atoms with E-state index >= 15 is 0 Å². The van der Waals surface area contributed by atoms with Crippen molar-refractivity contribution >= 4 is 15.7 Å². The van der Waals surface area contributed by atoms with E-state index in [1.807, 2.05) is 6.92 Å². The third kappa shape index (κ3) is 4.61. The minimum atomic E-state index is -3.05. The van der Waals surface area contributed by atoms with Crippen LogP contribution in [0.25, 0.3) is 0 Å². The van der Waals surface area contributed by atoms with Gasteiger partial charge < -0.3 is 10.6 Å². The molecule has 0 spiro atoms. The van der Waals surface area contributed by atoms with Crippen molar-refractivity contribution in [2.24, 2.45) is 0 Å². The molecule has 1 unspecified atom stereocenters. The number of hydrogen-bond acceptors (Lipinski definition) is 4. The van der Waals surface area contributed by atoms with Crippen molar-refractivity contribution in [3.63, 3.8) is 0 Å². The lowest BCUT2D eigenvalue weighted by atomic mass is 10.0. The Morgan fingerprint density at radius 1 is 1.53 bits per heavy atom. The zero-order valence-corrected chi connectivity index (χ0v) is 9.99. The second kappa shape index (κ2) is 4.49. The second-order valence-corrected chi connectivity index (χ2v) is 6.68. The summed E-state index contributed by atoms with van der Waals surface area (Å²) in [4.78, 5) is 11.4. The summed E-state index contributed by atoms with van der Waals surface area (Å²) in [7, 11) is -3.05. The summed E-state index contributed by atoms with van der Waals surface area (Å²) in [6, 6.07) is 0. The maximum Gasteiger partial charge on any atom is 0.221 e. The van der Waals surface area contributed by atoms with Gasteiger partial charge in [0.25, 0.3) is 0 Å². The molecule has 2 N–H and O–H groups in total. The summed E-state index contributed by atoms with van der Waals surface area (Å²) in [5.74, 6) is -0.269. The quantitative estimate of drug-likeness (QED) is 0.674. The van der Waals surface area contributed by atoms with Crippen LogP contribution in [0.4, 0.5) is 0 Å². The van der Waals surface area contributed by atoms with Gasteiger partial charge in [0.1, 0.15) is 9.84 Å². The Bertz CT molecular complexity index is 331. The van der Waals surface area contributed by atoms with Crippen molar-refractivity contribution in [3.8, 4) is 0 Å². The van der Waals surface area contributed by atoms with Gasteiger partial charge in [0.15, 0.2) is 0 Å². The molecule has 1 amide bonds. The fourth-order valence-electron chi connectivity index (χ4n) is 1.60. The Morgan fingerprint density at radius 3 is 2.67 bits per heavy atom. The second-order valence-electron chi connectivity index (χ2n) is 4.42. The summed E-state index contributed by atoms with van der Waals surface area (Å²) in [6.45, 7) is 3.60. The number of carbonyl (C=O) groups is 1. The van der Waals surface area contributed by atoms with Gasteiger partial charge >= 0.3 is 0 Å². The summed E-state index contributed by atoms with van der Waals surface area (Å²) < 4.78 is 21.7. The summed E-state index contributed by atoms with van der Waals surface area (Å²) in [6.07, 6.45) is 2.07. The fraction of sp³-hybridized carbons (Fsp3) is 0.889. The van der Waals surface area contributed by atoms with Gasteiger partial charge in [0.2, 0.25) is 5.91 Å². The zero-order chi connectivity index (χ0) is 11.5. The first kappa shape index (κ1) is 12.4. The van der Waals surface area contributed by atoms with Gasteiger partial charge in [0, 0.05) is 19.2 Å². The molecule has 1 rings (SSSR count). The van der Waals surface area contributed by atoms with Gasteiger partial charge in [-0.2, -0.15) is 0 Å². The van der Waals surface area contributed by atoms with Crippen molar-refractivity contribution in [3.05, 3.63) is 0 Å². The summed E-state index contributed by atoms with van der Waals surface area (Å²) in [5.41, 5.74) is -0.214. The Hall–Kier alpha value is -0.620. The van der Waals surface area contributed by atoms with Crippen molar-refractivity contribution in [2.75, 3.05) is 25.1 Å². The van der Waals surface area contributed by atoms with Crippen LogP contribution in [0.3, 0.4) is 0 Å². The van der Waals surface area contributed by atoms with E-state index in [1.165, 1.54) is 0 Å². The molecule has 0 radical (unpaired) electrons. The van der Waals surface area contributed by atoms with E-state index in [1.54, 1.807) is 0 Å². The summed E-state index contributed by atoms with van der Waals surface area (Å²) in [5, 5.41) is 6.02. The molecule has 0 bridgehead atoms. The monoisotopic (exact) mass is 234 g/mol. The van der Waals surface area contributed by atoms with Gasteiger partial charge in [-0.15, -0.1) is 0 Å². The van der Waals surface area contributed by atoms with Crippen LogP contribution < -0.4 is 10.6 Å². The smallest absolute Gasteiger partial charge is 0.221 e. The van der Waals surface area contributed by atoms with Crippen LogP contribution in [0.1, 0.15) is 19.8 Å². The molecule has 0 aromatic carbocycles. The predicted octanol–water partition coefficient (Wildman–Crippen LogP) is -0.711. The molecule has 1 heterocycles. The van der Waals surface area contributed by atoms with Gasteiger partial charge in [-0.1, -0.05) is 0 Å². The first-order chi connectivity index (χ1) is 6.81. The lowest BCUT2D eigenvalue weighted by molar-refractivity contribution is -0.122. The van der Waals surface area contributed by atoms with Crippen molar-refractivity contribution in [1.29, 1.82) is 0 Å². The minimum Gasteiger partial charge on any atom is -0.350 e. The highest BCUT2D eigenvalue weighted by Crippen LogP contribution is 2.13. The Morgan fingerprint density at radius 2 is 2.20 bits per heavy atom. The molecule has 5 nitrogen and oxygen atoms in total. The molecule has 15 heavy (non-hydrogen) atoms. The molecular weight excluding hydrogens is 216 g/mol. The number of hydrogen-bond donors (Lipinski definition) is 2. The molecule has 1 fully saturated rings. The topological polar surface area (TPSA) is 75.3 Å². The average molecular weight is 234 g/mol. The SMILES string of the molecule is CC1(NC(=O)CCS(C)(=O)=O)CCNC1. The number of sulfone groups is 1. The van der Waals surface area contributed by atoms with E-state index in [2.05, 4.69) is 10.6 Å². The van der Waals surface area contributed by atoms with E-state index in [0.717, 1.165) is 25.8 Å². The first-order valence-electron chi connectivity index (χ1n) is 5.00. The largest absolute Gasteiger partial charge is 0.350 e. The number of nitrogens with one attached hydrogen (secondary N) is 2. The number of amides is 1. The standard InChI is InChI=1S/C9H18N2O3S/c1-9(4-5-10-7-9)11-8(12)3-6-15(2,13)14/h10H,3-7H2,1-2H3,(H,11,12). The molecule has 0 aromatic heterocycles. The van der Waals surface area contributed by atoms with Gasteiger partial charge in [-0.25, -0.2) is 8.42 Å². The lowest BCUT2D eigenvalue weighted by Gasteiger charge is -2.24. The molecule has 1 atom stereocenters. The van der Waals surface area contributed by atoms with E-state index in [0.29, 0.717) is 0 Å².